The van der Waals surface area contributed by atoms with Crippen LogP contribution in [0, 0.1) is 5.92 Å². The van der Waals surface area contributed by atoms with Gasteiger partial charge in [-0.2, -0.15) is 4.98 Å². The van der Waals surface area contributed by atoms with Crippen LogP contribution in [0.2, 0.25) is 18.1 Å². The number of hydrogen-bond acceptors (Lipinski definition) is 15. The Hall–Kier alpha value is -2.19. The van der Waals surface area contributed by atoms with Gasteiger partial charge < -0.3 is 34.5 Å². The van der Waals surface area contributed by atoms with Crippen molar-refractivity contribution in [3.05, 3.63) is 35.3 Å². The normalized spacial score (nSPS) is 35.0. The first-order valence-electron chi connectivity index (χ1n) is 15.3. The monoisotopic (exact) mass is 746 g/mol. The zero-order chi connectivity index (χ0) is 34.6. The maximum absolute atomic E-state index is 13.4. The Balaban J connectivity index is 1.36. The fourth-order valence-corrected chi connectivity index (χ4v) is 9.57. The van der Waals surface area contributed by atoms with Crippen molar-refractivity contribution in [2.24, 2.45) is 5.92 Å². The van der Waals surface area contributed by atoms with E-state index in [9.17, 15) is 19.1 Å². The molecule has 2 aliphatic heterocycles. The number of ether oxygens (including phenoxy) is 1. The molecule has 1 aliphatic carbocycles. The first-order valence-corrected chi connectivity index (χ1v) is 22.3. The van der Waals surface area contributed by atoms with Crippen molar-refractivity contribution >= 4 is 57.6 Å². The van der Waals surface area contributed by atoms with E-state index in [2.05, 4.69) is 30.2 Å². The Kier molecular flexibility index (Phi) is 9.77. The van der Waals surface area contributed by atoms with Crippen molar-refractivity contribution in [1.82, 2.24) is 29.5 Å². The fourth-order valence-electron chi connectivity index (χ4n) is 5.80. The number of hydrogen-bond donors (Lipinski definition) is 5. The molecule has 0 amide bonds. The van der Waals surface area contributed by atoms with Gasteiger partial charge >= 0.3 is 14.5 Å². The van der Waals surface area contributed by atoms with Crippen molar-refractivity contribution in [3.8, 4) is 0 Å². The van der Waals surface area contributed by atoms with Crippen LogP contribution in [0.25, 0.3) is 11.2 Å². The molecule has 3 aliphatic rings. The van der Waals surface area contributed by atoms with Gasteiger partial charge in [0.05, 0.1) is 25.6 Å². The topological polar surface area (TPSA) is 240 Å². The number of nitrogens with two attached hydrogens (primary N) is 1. The van der Waals surface area contributed by atoms with Crippen LogP contribution in [0.1, 0.15) is 39.8 Å². The molecule has 2 saturated heterocycles. The van der Waals surface area contributed by atoms with Crippen molar-refractivity contribution in [1.29, 1.82) is 0 Å². The number of fused-ring (bicyclic) bond motifs is 4. The Labute approximate surface area is 282 Å². The Morgan fingerprint density at radius 3 is 2.65 bits per heavy atom. The second kappa shape index (κ2) is 13.2. The average molecular weight is 747 g/mol. The number of H-pyrrole nitrogens is 1. The quantitative estimate of drug-likeness (QED) is 0.186. The minimum atomic E-state index is -4.68. The van der Waals surface area contributed by atoms with Gasteiger partial charge in [0.15, 0.2) is 25.7 Å². The van der Waals surface area contributed by atoms with E-state index in [1.807, 2.05) is 33.9 Å². The SMILES string of the molecule is CC(C)(C)[Si](C)(C)O[C@H]1[C@H]2OP(O)(=S)OC[C@H]3C[C@@H](Nc4ccncn4)C[C@@H]3OP(=O)(O)OC[C@H]1O[C@H]2n1cnc2c(=O)[nH]c(N)nc21. The van der Waals surface area contributed by atoms with E-state index in [1.165, 1.54) is 17.2 Å². The van der Waals surface area contributed by atoms with E-state index in [0.29, 0.717) is 18.7 Å². The van der Waals surface area contributed by atoms with Crippen LogP contribution in [0.3, 0.4) is 0 Å². The maximum Gasteiger partial charge on any atom is 0.472 e. The van der Waals surface area contributed by atoms with Crippen LogP contribution in [0.5, 0.6) is 0 Å². The van der Waals surface area contributed by atoms with Gasteiger partial charge in [-0.05, 0) is 48.8 Å². The molecule has 9 atom stereocenters. The lowest BCUT2D eigenvalue weighted by molar-refractivity contribution is -0.0537. The van der Waals surface area contributed by atoms with Gasteiger partial charge in [0.25, 0.3) is 5.56 Å². The second-order valence-corrected chi connectivity index (χ2v) is 22.5. The lowest BCUT2D eigenvalue weighted by Gasteiger charge is -2.40. The number of anilines is 2. The Bertz CT molecular complexity index is 1800. The van der Waals surface area contributed by atoms with Gasteiger partial charge in [0.1, 0.15) is 30.5 Å². The van der Waals surface area contributed by atoms with Crippen LogP contribution in [0.15, 0.2) is 29.7 Å². The highest BCUT2D eigenvalue weighted by molar-refractivity contribution is 8.07. The summed E-state index contributed by atoms with van der Waals surface area (Å²) in [6.07, 6.45) is -0.111. The highest BCUT2D eigenvalue weighted by Gasteiger charge is 2.54. The molecule has 6 rings (SSSR count). The zero-order valence-electron chi connectivity index (χ0n) is 27.0. The minimum absolute atomic E-state index is 0.0205. The van der Waals surface area contributed by atoms with E-state index < -0.39 is 71.6 Å². The molecule has 2 unspecified atom stereocenters. The Morgan fingerprint density at radius 1 is 1.17 bits per heavy atom. The first-order chi connectivity index (χ1) is 22.4. The molecule has 3 aromatic heterocycles. The molecule has 18 nitrogen and oxygen atoms in total. The molecule has 3 fully saturated rings. The molecule has 22 heteroatoms. The number of aromatic amines is 1. The number of phosphoric acid groups is 1. The van der Waals surface area contributed by atoms with E-state index in [-0.39, 0.29) is 34.8 Å². The van der Waals surface area contributed by atoms with Gasteiger partial charge in [-0.1, -0.05) is 20.8 Å². The van der Waals surface area contributed by atoms with Gasteiger partial charge in [0.2, 0.25) is 5.95 Å². The second-order valence-electron chi connectivity index (χ2n) is 13.6. The summed E-state index contributed by atoms with van der Waals surface area (Å²) in [5, 5.41) is 2.99. The highest BCUT2D eigenvalue weighted by atomic mass is 32.5. The van der Waals surface area contributed by atoms with Crippen LogP contribution in [-0.4, -0.2) is 91.3 Å². The standard InChI is InChI=1S/C26H40N8O10P2SSi/c1-26(2,3)48(4,5)44-20-17-11-39-45(36,37)42-16-9-15(31-18-6-7-28-12-29-18)8-14(16)10-40-46(38,47)43-21(20)24(41-17)34-13-30-19-22(34)32-25(27)33-23(19)35/h6-7,12-17,20-21,24H,8-11H2,1-5H3,(H,36,37)(H,38,47)(H,28,29,31)(H3,27,32,33,35)/t14-,15-,16+,17-,20-,21-,24-,46?/m1/s1. The van der Waals surface area contributed by atoms with Crippen LogP contribution < -0.4 is 16.6 Å². The summed E-state index contributed by atoms with van der Waals surface area (Å²) in [5.74, 6) is -0.0674. The zero-order valence-corrected chi connectivity index (χ0v) is 30.6. The van der Waals surface area contributed by atoms with Gasteiger partial charge in [-0.25, -0.2) is 19.5 Å². The number of aromatic nitrogens is 6. The molecule has 0 spiro atoms. The predicted octanol–water partition coefficient (Wildman–Crippen LogP) is 2.80. The molecule has 0 radical (unpaired) electrons. The third-order valence-corrected chi connectivity index (χ3v) is 16.2. The summed E-state index contributed by atoms with van der Waals surface area (Å²) in [4.78, 5) is 54.0. The van der Waals surface area contributed by atoms with Crippen molar-refractivity contribution in [3.63, 3.8) is 0 Å². The van der Waals surface area contributed by atoms with Crippen molar-refractivity contribution in [2.75, 3.05) is 24.3 Å². The fraction of sp³-hybridized carbons (Fsp3) is 0.654. The van der Waals surface area contributed by atoms with E-state index >= 15 is 0 Å². The lowest BCUT2D eigenvalue weighted by Crippen LogP contribution is -2.50. The third kappa shape index (κ3) is 7.59. The molecule has 5 heterocycles. The number of phosphoric ester groups is 1. The van der Waals surface area contributed by atoms with E-state index in [4.69, 9.17) is 44.8 Å². The van der Waals surface area contributed by atoms with E-state index in [0.717, 1.165) is 0 Å². The van der Waals surface area contributed by atoms with Crippen LogP contribution >= 0.6 is 14.5 Å². The molecular weight excluding hydrogens is 706 g/mol. The molecule has 48 heavy (non-hydrogen) atoms. The van der Waals surface area contributed by atoms with Gasteiger partial charge in [-0.3, -0.25) is 27.9 Å². The molecule has 3 aromatic rings. The largest absolute Gasteiger partial charge is 0.472 e. The number of nitrogens with one attached hydrogen (secondary N) is 2. The molecule has 264 valence electrons. The van der Waals surface area contributed by atoms with Crippen LogP contribution in [0.4, 0.5) is 11.8 Å². The minimum Gasteiger partial charge on any atom is -0.408 e. The predicted molar refractivity (Wildman–Crippen MR) is 179 cm³/mol. The average Bonchev–Trinajstić information content (AvgIpc) is 3.66. The number of nitrogen functional groups attached to an aromatic ring is 1. The summed E-state index contributed by atoms with van der Waals surface area (Å²) in [6, 6.07) is 1.48. The van der Waals surface area contributed by atoms with Crippen molar-refractivity contribution < 1.29 is 41.6 Å². The van der Waals surface area contributed by atoms with Crippen LogP contribution in [-0.2, 0) is 43.6 Å². The summed E-state index contributed by atoms with van der Waals surface area (Å²) < 4.78 is 51.5. The van der Waals surface area contributed by atoms with Gasteiger partial charge in [0, 0.05) is 18.2 Å². The van der Waals surface area contributed by atoms with Crippen molar-refractivity contribution in [2.45, 2.75) is 88.4 Å². The summed E-state index contributed by atoms with van der Waals surface area (Å²) in [5.41, 5.74) is 5.33. The number of rotatable bonds is 5. The molecule has 1 saturated carbocycles. The molecule has 0 aromatic carbocycles. The highest BCUT2D eigenvalue weighted by Crippen LogP contribution is 2.55. The number of imidazole rings is 1. The molecule has 6 N–H and O–H groups in total. The molecular formula is C26H40N8O10P2SSi. The summed E-state index contributed by atoms with van der Waals surface area (Å²) >= 11 is 5.55. The van der Waals surface area contributed by atoms with E-state index in [1.54, 1.807) is 12.3 Å². The summed E-state index contributed by atoms with van der Waals surface area (Å²) in [6.45, 7) is 5.48. The maximum atomic E-state index is 13.4. The Morgan fingerprint density at radius 2 is 1.94 bits per heavy atom. The van der Waals surface area contributed by atoms with Gasteiger partial charge in [-0.15, -0.1) is 0 Å². The summed E-state index contributed by atoms with van der Waals surface area (Å²) in [7, 11) is -7.30. The number of nitrogens with zero attached hydrogens (tertiary/aromatic N) is 5. The third-order valence-electron chi connectivity index (χ3n) is 9.19. The first kappa shape index (κ1) is 35.6. The lowest BCUT2D eigenvalue weighted by atomic mass is 10.1. The smallest absolute Gasteiger partial charge is 0.408 e. The molecule has 2 bridgehead atoms.